The van der Waals surface area contributed by atoms with Gasteiger partial charge in [-0.3, -0.25) is 19.3 Å². The SMILES string of the molecule is CCCNC(=O)C(C)N(Cc1cccc(Br)c1)C(=O)CN1C(=O)c2cccc3cccc1c23. The molecule has 0 spiro atoms. The standard InChI is InChI=1S/C26H26BrN3O3/c1-3-13-28-25(32)17(2)29(15-18-7-4-10-20(27)14-18)23(31)16-30-22-12-6-9-19-8-5-11-21(24(19)22)26(30)33/h4-12,14,17H,3,13,15-16H2,1-2H3,(H,28,32). The molecule has 0 saturated heterocycles. The molecule has 0 bridgehead atoms. The Balaban J connectivity index is 1.62. The molecular weight excluding hydrogens is 482 g/mol. The second kappa shape index (κ2) is 9.75. The summed E-state index contributed by atoms with van der Waals surface area (Å²) in [7, 11) is 0. The van der Waals surface area contributed by atoms with Crippen LogP contribution in [0.2, 0.25) is 0 Å². The average molecular weight is 508 g/mol. The number of amides is 3. The molecule has 7 heteroatoms. The van der Waals surface area contributed by atoms with E-state index >= 15 is 0 Å². The van der Waals surface area contributed by atoms with Gasteiger partial charge in [0.1, 0.15) is 12.6 Å². The van der Waals surface area contributed by atoms with Gasteiger partial charge in [0, 0.05) is 28.5 Å². The fourth-order valence-electron chi connectivity index (χ4n) is 4.17. The minimum atomic E-state index is -0.682. The largest absolute Gasteiger partial charge is 0.354 e. The molecule has 33 heavy (non-hydrogen) atoms. The van der Waals surface area contributed by atoms with Gasteiger partial charge in [-0.1, -0.05) is 59.3 Å². The maximum Gasteiger partial charge on any atom is 0.259 e. The Morgan fingerprint density at radius 3 is 2.55 bits per heavy atom. The van der Waals surface area contributed by atoms with Gasteiger partial charge in [0.15, 0.2) is 0 Å². The lowest BCUT2D eigenvalue weighted by atomic mass is 10.1. The maximum atomic E-state index is 13.6. The number of carbonyl (C=O) groups excluding carboxylic acids is 3. The number of halogens is 1. The fraction of sp³-hybridized carbons (Fsp3) is 0.269. The third kappa shape index (κ3) is 4.64. The first-order valence-electron chi connectivity index (χ1n) is 11.1. The zero-order chi connectivity index (χ0) is 23.5. The Labute approximate surface area is 201 Å². The summed E-state index contributed by atoms with van der Waals surface area (Å²) < 4.78 is 0.896. The van der Waals surface area contributed by atoms with E-state index < -0.39 is 6.04 Å². The van der Waals surface area contributed by atoms with E-state index in [2.05, 4.69) is 21.2 Å². The van der Waals surface area contributed by atoms with Gasteiger partial charge in [-0.15, -0.1) is 0 Å². The normalized spacial score (nSPS) is 13.3. The molecule has 0 fully saturated rings. The Hall–Kier alpha value is -3.19. The van der Waals surface area contributed by atoms with Gasteiger partial charge < -0.3 is 10.2 Å². The summed E-state index contributed by atoms with van der Waals surface area (Å²) in [5, 5.41) is 4.70. The van der Waals surface area contributed by atoms with E-state index in [1.807, 2.05) is 61.5 Å². The Bertz CT molecular complexity index is 1220. The molecule has 1 N–H and O–H groups in total. The lowest BCUT2D eigenvalue weighted by molar-refractivity contribution is -0.139. The number of hydrogen-bond donors (Lipinski definition) is 1. The fourth-order valence-corrected chi connectivity index (χ4v) is 4.62. The van der Waals surface area contributed by atoms with Crippen molar-refractivity contribution in [2.24, 2.45) is 0 Å². The predicted octanol–water partition coefficient (Wildman–Crippen LogP) is 4.51. The molecule has 1 heterocycles. The van der Waals surface area contributed by atoms with Crippen LogP contribution in [-0.2, 0) is 16.1 Å². The molecule has 6 nitrogen and oxygen atoms in total. The van der Waals surface area contributed by atoms with E-state index in [-0.39, 0.29) is 30.8 Å². The van der Waals surface area contributed by atoms with Crippen molar-refractivity contribution >= 4 is 50.1 Å². The number of carbonyl (C=O) groups is 3. The maximum absolute atomic E-state index is 13.6. The van der Waals surface area contributed by atoms with Crippen LogP contribution in [0.15, 0.2) is 65.1 Å². The monoisotopic (exact) mass is 507 g/mol. The minimum absolute atomic E-state index is 0.133. The van der Waals surface area contributed by atoms with E-state index in [1.54, 1.807) is 17.9 Å². The molecule has 4 rings (SSSR count). The Morgan fingerprint density at radius 2 is 1.82 bits per heavy atom. The van der Waals surface area contributed by atoms with Gasteiger partial charge in [0.2, 0.25) is 11.8 Å². The molecule has 0 aliphatic carbocycles. The van der Waals surface area contributed by atoms with E-state index in [9.17, 15) is 14.4 Å². The summed E-state index contributed by atoms with van der Waals surface area (Å²) in [5.41, 5.74) is 2.22. The highest BCUT2D eigenvalue weighted by atomic mass is 79.9. The number of benzene rings is 3. The van der Waals surface area contributed by atoms with Crippen molar-refractivity contribution in [3.8, 4) is 0 Å². The zero-order valence-electron chi connectivity index (χ0n) is 18.7. The molecule has 3 amide bonds. The van der Waals surface area contributed by atoms with Crippen LogP contribution >= 0.6 is 15.9 Å². The minimum Gasteiger partial charge on any atom is -0.354 e. The molecule has 1 atom stereocenters. The summed E-state index contributed by atoms with van der Waals surface area (Å²) in [5.74, 6) is -0.689. The number of hydrogen-bond acceptors (Lipinski definition) is 3. The molecule has 0 radical (unpaired) electrons. The molecule has 3 aromatic rings. The van der Waals surface area contributed by atoms with Crippen LogP contribution < -0.4 is 10.2 Å². The highest BCUT2D eigenvalue weighted by molar-refractivity contribution is 9.10. The third-order valence-corrected chi connectivity index (χ3v) is 6.39. The molecule has 1 aliphatic rings. The average Bonchev–Trinajstić information content (AvgIpc) is 3.08. The smallest absolute Gasteiger partial charge is 0.259 e. The first-order chi connectivity index (χ1) is 15.9. The quantitative estimate of drug-likeness (QED) is 0.487. The highest BCUT2D eigenvalue weighted by Gasteiger charge is 2.34. The van der Waals surface area contributed by atoms with Crippen LogP contribution in [0.3, 0.4) is 0 Å². The second-order valence-corrected chi connectivity index (χ2v) is 9.11. The first-order valence-corrected chi connectivity index (χ1v) is 11.8. The van der Waals surface area contributed by atoms with Crippen LogP contribution in [0.4, 0.5) is 5.69 Å². The van der Waals surface area contributed by atoms with Crippen molar-refractivity contribution < 1.29 is 14.4 Å². The van der Waals surface area contributed by atoms with Gasteiger partial charge >= 0.3 is 0 Å². The topological polar surface area (TPSA) is 69.7 Å². The summed E-state index contributed by atoms with van der Waals surface area (Å²) >= 11 is 3.47. The van der Waals surface area contributed by atoms with Gasteiger partial charge in [0.05, 0.1) is 5.69 Å². The first kappa shape index (κ1) is 23.0. The highest BCUT2D eigenvalue weighted by Crippen LogP contribution is 2.37. The van der Waals surface area contributed by atoms with Gasteiger partial charge in [-0.05, 0) is 48.6 Å². The molecule has 3 aromatic carbocycles. The lowest BCUT2D eigenvalue weighted by Crippen LogP contribution is -2.51. The van der Waals surface area contributed by atoms with Crippen molar-refractivity contribution in [1.82, 2.24) is 10.2 Å². The van der Waals surface area contributed by atoms with Crippen molar-refractivity contribution in [3.05, 3.63) is 76.3 Å². The van der Waals surface area contributed by atoms with Crippen LogP contribution in [0.5, 0.6) is 0 Å². The summed E-state index contributed by atoms with van der Waals surface area (Å²) in [4.78, 5) is 42.5. The van der Waals surface area contributed by atoms with E-state index in [4.69, 9.17) is 0 Å². The second-order valence-electron chi connectivity index (χ2n) is 8.19. The number of anilines is 1. The van der Waals surface area contributed by atoms with Crippen molar-refractivity contribution in [2.45, 2.75) is 32.9 Å². The van der Waals surface area contributed by atoms with Crippen LogP contribution in [0.25, 0.3) is 10.8 Å². The predicted molar refractivity (Wildman–Crippen MR) is 133 cm³/mol. The van der Waals surface area contributed by atoms with E-state index in [0.717, 1.165) is 32.9 Å². The van der Waals surface area contributed by atoms with Gasteiger partial charge in [0.25, 0.3) is 5.91 Å². The van der Waals surface area contributed by atoms with E-state index in [0.29, 0.717) is 12.1 Å². The number of rotatable bonds is 8. The molecule has 1 unspecified atom stereocenters. The van der Waals surface area contributed by atoms with Crippen molar-refractivity contribution in [2.75, 3.05) is 18.0 Å². The van der Waals surface area contributed by atoms with E-state index in [1.165, 1.54) is 4.90 Å². The number of nitrogens with zero attached hydrogens (tertiary/aromatic N) is 2. The molecule has 1 aliphatic heterocycles. The van der Waals surface area contributed by atoms with Crippen LogP contribution in [-0.4, -0.2) is 41.8 Å². The van der Waals surface area contributed by atoms with Crippen molar-refractivity contribution in [3.63, 3.8) is 0 Å². The summed E-state index contributed by atoms with van der Waals surface area (Å²) in [6.45, 7) is 4.38. The van der Waals surface area contributed by atoms with Gasteiger partial charge in [-0.25, -0.2) is 0 Å². The lowest BCUT2D eigenvalue weighted by Gasteiger charge is -2.30. The third-order valence-electron chi connectivity index (χ3n) is 5.90. The summed E-state index contributed by atoms with van der Waals surface area (Å²) in [6, 6.07) is 18.3. The van der Waals surface area contributed by atoms with Crippen LogP contribution in [0, 0.1) is 0 Å². The Morgan fingerprint density at radius 1 is 1.09 bits per heavy atom. The molecule has 170 valence electrons. The zero-order valence-corrected chi connectivity index (χ0v) is 20.3. The van der Waals surface area contributed by atoms with Crippen LogP contribution in [0.1, 0.15) is 36.2 Å². The van der Waals surface area contributed by atoms with Gasteiger partial charge in [-0.2, -0.15) is 0 Å². The molecule has 0 aromatic heterocycles. The molecular formula is C26H26BrN3O3. The van der Waals surface area contributed by atoms with Crippen molar-refractivity contribution in [1.29, 1.82) is 0 Å². The summed E-state index contributed by atoms with van der Waals surface area (Å²) in [6.07, 6.45) is 0.808. The Kier molecular flexibility index (Phi) is 6.79. The molecule has 0 saturated carbocycles. The number of nitrogens with one attached hydrogen (secondary N) is 1.